The number of nitrogens with one attached hydrogen (secondary N) is 1. The number of carbonyl (C=O) groups excluding carboxylic acids is 2. The van der Waals surface area contributed by atoms with Gasteiger partial charge in [0.05, 0.1) is 5.56 Å². The highest BCUT2D eigenvalue weighted by molar-refractivity contribution is 5.94. The Morgan fingerprint density at radius 1 is 1.07 bits per heavy atom. The Labute approximate surface area is 163 Å². The van der Waals surface area contributed by atoms with Crippen LogP contribution in [0.4, 0.5) is 4.39 Å². The van der Waals surface area contributed by atoms with Gasteiger partial charge in [0.1, 0.15) is 11.4 Å². The van der Waals surface area contributed by atoms with Gasteiger partial charge in [0.2, 0.25) is 5.91 Å². The standard InChI is InChI=1S/C23H22FNO3/c24-16-7-5-14(6-8-16)18-13-20(18)25-21(26)15-9-11-23(12-10-15)19-4-2-1-3-17(19)22(27)28-23/h1-8,15,18,20H,9-13H2,(H,25,26). The summed E-state index contributed by atoms with van der Waals surface area (Å²) in [4.78, 5) is 24.9. The lowest BCUT2D eigenvalue weighted by Gasteiger charge is -2.36. The van der Waals surface area contributed by atoms with E-state index >= 15 is 0 Å². The molecule has 1 heterocycles. The number of amides is 1. The fourth-order valence-electron chi connectivity index (χ4n) is 4.80. The summed E-state index contributed by atoms with van der Waals surface area (Å²) in [5.41, 5.74) is 2.15. The Hall–Kier alpha value is -2.69. The van der Waals surface area contributed by atoms with Crippen LogP contribution in [0.3, 0.4) is 0 Å². The number of carbonyl (C=O) groups is 2. The minimum atomic E-state index is -0.555. The second-order valence-corrected chi connectivity index (χ2v) is 8.21. The molecule has 0 bridgehead atoms. The largest absolute Gasteiger partial charge is 0.451 e. The summed E-state index contributed by atoms with van der Waals surface area (Å²) in [5, 5.41) is 3.15. The molecule has 28 heavy (non-hydrogen) atoms. The van der Waals surface area contributed by atoms with E-state index in [0.717, 1.165) is 17.5 Å². The van der Waals surface area contributed by atoms with Gasteiger partial charge in [-0.05, 0) is 55.9 Å². The zero-order chi connectivity index (χ0) is 19.3. The molecule has 2 saturated carbocycles. The number of hydrogen-bond acceptors (Lipinski definition) is 3. The van der Waals surface area contributed by atoms with E-state index in [4.69, 9.17) is 4.74 Å². The molecule has 144 valence electrons. The molecule has 2 atom stereocenters. The van der Waals surface area contributed by atoms with Crippen molar-refractivity contribution in [3.8, 4) is 0 Å². The first-order valence-electron chi connectivity index (χ1n) is 9.94. The molecule has 1 spiro atoms. The number of esters is 1. The predicted molar refractivity (Wildman–Crippen MR) is 101 cm³/mol. The zero-order valence-corrected chi connectivity index (χ0v) is 15.5. The number of fused-ring (bicyclic) bond motifs is 2. The van der Waals surface area contributed by atoms with Gasteiger partial charge in [-0.25, -0.2) is 9.18 Å². The number of rotatable bonds is 3. The van der Waals surface area contributed by atoms with Gasteiger partial charge in [-0.1, -0.05) is 30.3 Å². The van der Waals surface area contributed by atoms with Crippen LogP contribution in [0.1, 0.15) is 59.5 Å². The maximum absolute atomic E-state index is 13.1. The molecule has 3 aliphatic rings. The minimum Gasteiger partial charge on any atom is -0.451 e. The van der Waals surface area contributed by atoms with Crippen molar-refractivity contribution in [1.29, 1.82) is 0 Å². The van der Waals surface area contributed by atoms with Gasteiger partial charge in [0.15, 0.2) is 0 Å². The molecule has 5 heteroatoms. The Bertz CT molecular complexity index is 931. The van der Waals surface area contributed by atoms with E-state index in [0.29, 0.717) is 31.2 Å². The van der Waals surface area contributed by atoms with E-state index in [2.05, 4.69) is 5.32 Å². The third kappa shape index (κ3) is 2.89. The highest BCUT2D eigenvalue weighted by atomic mass is 19.1. The van der Waals surface area contributed by atoms with Crippen LogP contribution in [0.5, 0.6) is 0 Å². The van der Waals surface area contributed by atoms with Gasteiger partial charge in [-0.15, -0.1) is 0 Å². The molecular formula is C23H22FNO3. The molecule has 4 nitrogen and oxygen atoms in total. The second kappa shape index (κ2) is 6.43. The SMILES string of the molecule is O=C1OC2(CCC(C(=O)NC3CC3c3ccc(F)cc3)CC2)c2ccccc21. The molecule has 5 rings (SSSR count). The van der Waals surface area contributed by atoms with Crippen molar-refractivity contribution in [2.45, 2.75) is 49.7 Å². The van der Waals surface area contributed by atoms with Crippen molar-refractivity contribution in [2.24, 2.45) is 5.92 Å². The number of hydrogen-bond donors (Lipinski definition) is 1. The lowest BCUT2D eigenvalue weighted by Crippen LogP contribution is -2.39. The van der Waals surface area contributed by atoms with E-state index in [9.17, 15) is 14.0 Å². The van der Waals surface area contributed by atoms with Crippen LogP contribution in [0.25, 0.3) is 0 Å². The number of benzene rings is 2. The number of halogens is 1. The van der Waals surface area contributed by atoms with Crippen LogP contribution in [0, 0.1) is 11.7 Å². The molecule has 0 saturated heterocycles. The second-order valence-electron chi connectivity index (χ2n) is 8.21. The smallest absolute Gasteiger partial charge is 0.339 e. The number of ether oxygens (including phenoxy) is 1. The van der Waals surface area contributed by atoms with Crippen LogP contribution in [0.15, 0.2) is 48.5 Å². The first-order chi connectivity index (χ1) is 13.6. The summed E-state index contributed by atoms with van der Waals surface area (Å²) in [6.07, 6.45) is 3.68. The van der Waals surface area contributed by atoms with Gasteiger partial charge in [-0.3, -0.25) is 4.79 Å². The summed E-state index contributed by atoms with van der Waals surface area (Å²) in [7, 11) is 0. The van der Waals surface area contributed by atoms with Gasteiger partial charge in [0.25, 0.3) is 0 Å². The van der Waals surface area contributed by atoms with Crippen molar-refractivity contribution < 1.29 is 18.7 Å². The molecule has 0 aromatic heterocycles. The third-order valence-electron chi connectivity index (χ3n) is 6.51. The lowest BCUT2D eigenvalue weighted by molar-refractivity contribution is -0.128. The van der Waals surface area contributed by atoms with Gasteiger partial charge in [0, 0.05) is 23.4 Å². The Morgan fingerprint density at radius 2 is 1.79 bits per heavy atom. The summed E-state index contributed by atoms with van der Waals surface area (Å²) < 4.78 is 18.8. The van der Waals surface area contributed by atoms with Gasteiger partial charge < -0.3 is 10.1 Å². The van der Waals surface area contributed by atoms with Crippen LogP contribution in [-0.4, -0.2) is 17.9 Å². The van der Waals surface area contributed by atoms with Crippen molar-refractivity contribution in [2.75, 3.05) is 0 Å². The highest BCUT2D eigenvalue weighted by Crippen LogP contribution is 2.48. The normalized spacial score (nSPS) is 30.6. The topological polar surface area (TPSA) is 55.4 Å². The molecule has 1 N–H and O–H groups in total. The van der Waals surface area contributed by atoms with Crippen molar-refractivity contribution in [3.63, 3.8) is 0 Å². The third-order valence-corrected chi connectivity index (χ3v) is 6.51. The molecule has 2 aliphatic carbocycles. The summed E-state index contributed by atoms with van der Waals surface area (Å²) in [6, 6.07) is 14.2. The van der Waals surface area contributed by atoms with Crippen LogP contribution in [-0.2, 0) is 15.1 Å². The van der Waals surface area contributed by atoms with E-state index < -0.39 is 5.60 Å². The molecule has 0 radical (unpaired) electrons. The quantitative estimate of drug-likeness (QED) is 0.819. The first kappa shape index (κ1) is 17.4. The average Bonchev–Trinajstić information content (AvgIpc) is 3.42. The molecule has 2 aromatic rings. The Balaban J connectivity index is 1.20. The molecule has 1 aliphatic heterocycles. The monoisotopic (exact) mass is 379 g/mol. The summed E-state index contributed by atoms with van der Waals surface area (Å²) in [6.45, 7) is 0. The Morgan fingerprint density at radius 3 is 2.54 bits per heavy atom. The van der Waals surface area contributed by atoms with E-state index in [1.54, 1.807) is 12.1 Å². The average molecular weight is 379 g/mol. The maximum Gasteiger partial charge on any atom is 0.339 e. The lowest BCUT2D eigenvalue weighted by atomic mass is 9.74. The van der Waals surface area contributed by atoms with Gasteiger partial charge in [-0.2, -0.15) is 0 Å². The predicted octanol–water partition coefficient (Wildman–Crippen LogP) is 4.05. The fraction of sp³-hybridized carbons (Fsp3) is 0.391. The van der Waals surface area contributed by atoms with Crippen LogP contribution < -0.4 is 5.32 Å². The fourth-order valence-corrected chi connectivity index (χ4v) is 4.80. The molecule has 2 aromatic carbocycles. The van der Waals surface area contributed by atoms with E-state index in [1.807, 2.05) is 24.3 Å². The molecule has 1 amide bonds. The zero-order valence-electron chi connectivity index (χ0n) is 15.5. The van der Waals surface area contributed by atoms with Gasteiger partial charge >= 0.3 is 5.97 Å². The minimum absolute atomic E-state index is 0.0495. The van der Waals surface area contributed by atoms with E-state index in [-0.39, 0.29) is 35.6 Å². The van der Waals surface area contributed by atoms with E-state index in [1.165, 1.54) is 12.1 Å². The highest BCUT2D eigenvalue weighted by Gasteiger charge is 2.49. The van der Waals surface area contributed by atoms with Crippen molar-refractivity contribution in [3.05, 3.63) is 71.0 Å². The van der Waals surface area contributed by atoms with Crippen LogP contribution in [0.2, 0.25) is 0 Å². The van der Waals surface area contributed by atoms with Crippen LogP contribution >= 0.6 is 0 Å². The molecule has 2 fully saturated rings. The summed E-state index contributed by atoms with van der Waals surface area (Å²) in [5.74, 6) is -0.176. The first-order valence-corrected chi connectivity index (χ1v) is 9.94. The van der Waals surface area contributed by atoms with Crippen molar-refractivity contribution >= 4 is 11.9 Å². The molecule has 2 unspecified atom stereocenters. The molecular weight excluding hydrogens is 357 g/mol. The van der Waals surface area contributed by atoms with Crippen molar-refractivity contribution in [1.82, 2.24) is 5.32 Å². The Kier molecular flexibility index (Phi) is 4.00. The maximum atomic E-state index is 13.1. The summed E-state index contributed by atoms with van der Waals surface area (Å²) >= 11 is 0.